The first-order valence-corrected chi connectivity index (χ1v) is 17.5. The highest BCUT2D eigenvalue weighted by Gasteiger charge is 2.31. The van der Waals surface area contributed by atoms with E-state index in [0.717, 1.165) is 0 Å². The summed E-state index contributed by atoms with van der Waals surface area (Å²) in [6.07, 6.45) is 0. The molecule has 4 aromatic rings. The fraction of sp³-hybridized carbons (Fsp3) is 0.333. The van der Waals surface area contributed by atoms with Crippen LogP contribution in [0.25, 0.3) is 0 Å². The summed E-state index contributed by atoms with van der Waals surface area (Å²) in [5, 5.41) is 5.68. The van der Waals surface area contributed by atoms with Crippen molar-refractivity contribution in [2.75, 3.05) is 0 Å². The Morgan fingerprint density at radius 1 is 0.308 bits per heavy atom. The molecule has 0 fully saturated rings. The molecule has 4 rings (SSSR count). The van der Waals surface area contributed by atoms with Crippen LogP contribution in [0.15, 0.2) is 48.5 Å². The van der Waals surface area contributed by atoms with Crippen LogP contribution in [0, 0.1) is 83.1 Å². The van der Waals surface area contributed by atoms with Crippen LogP contribution in [0.2, 0.25) is 0 Å². The average Bonchev–Trinajstić information content (AvgIpc) is 2.91. The van der Waals surface area contributed by atoms with Gasteiger partial charge in [0, 0.05) is 0 Å². The monoisotopic (exact) mass is 550 g/mol. The molecule has 0 bridgehead atoms. The highest BCUT2D eigenvalue weighted by Crippen LogP contribution is 2.18. The molecule has 0 saturated heterocycles. The molecule has 0 aromatic heterocycles. The summed E-state index contributed by atoms with van der Waals surface area (Å²) in [5.41, 5.74) is 16.5. The topological polar surface area (TPSA) is 9.23 Å². The SMILES string of the molecule is Cc1ccc([SiH](O[SiH](c2ccc(C)c(C)c2C)c2ccc(C)c(C)c2C)c2ccc(C)c(C)c2C)c(C)c1C. The van der Waals surface area contributed by atoms with Gasteiger partial charge in [-0.25, -0.2) is 0 Å². The fourth-order valence-corrected chi connectivity index (χ4v) is 13.4. The summed E-state index contributed by atoms with van der Waals surface area (Å²) in [6, 6.07) is 18.7. The van der Waals surface area contributed by atoms with Crippen molar-refractivity contribution >= 4 is 38.8 Å². The third-order valence-corrected chi connectivity index (χ3v) is 16.7. The van der Waals surface area contributed by atoms with Gasteiger partial charge in [0.05, 0.1) is 0 Å². The van der Waals surface area contributed by atoms with E-state index in [1.54, 1.807) is 0 Å². The molecule has 0 saturated carbocycles. The lowest BCUT2D eigenvalue weighted by molar-refractivity contribution is 0.632. The standard InChI is InChI=1S/C36H46OSi2/c1-21-13-17-33(29(9)25(21)5)38(34-18-14-22(2)26(6)30(34)10)37-39(35-19-15-23(3)27(7)31(35)11)36-20-16-24(4)28(8)32(36)12/h13-20,38-39H,1-12H3. The predicted molar refractivity (Wildman–Crippen MR) is 177 cm³/mol. The lowest BCUT2D eigenvalue weighted by Crippen LogP contribution is -2.58. The summed E-state index contributed by atoms with van der Waals surface area (Å²) in [7, 11) is -4.12. The van der Waals surface area contributed by atoms with Crippen molar-refractivity contribution in [2.24, 2.45) is 0 Å². The lowest BCUT2D eigenvalue weighted by atomic mass is 10.0. The second-order valence-corrected chi connectivity index (χ2v) is 16.9. The van der Waals surface area contributed by atoms with Gasteiger partial charge >= 0.3 is 0 Å². The molecule has 4 aromatic carbocycles. The molecule has 0 atom stereocenters. The first-order valence-electron chi connectivity index (χ1n) is 14.3. The van der Waals surface area contributed by atoms with Crippen LogP contribution in [0.3, 0.4) is 0 Å². The van der Waals surface area contributed by atoms with Crippen LogP contribution >= 0.6 is 0 Å². The van der Waals surface area contributed by atoms with Crippen molar-refractivity contribution < 1.29 is 4.12 Å². The van der Waals surface area contributed by atoms with Crippen LogP contribution in [0.1, 0.15) is 66.8 Å². The molecule has 0 aliphatic heterocycles. The first kappa shape index (κ1) is 29.3. The van der Waals surface area contributed by atoms with Gasteiger partial charge in [-0.2, -0.15) is 0 Å². The highest BCUT2D eigenvalue weighted by atomic mass is 28.4. The molecule has 39 heavy (non-hydrogen) atoms. The second-order valence-electron chi connectivity index (χ2n) is 11.8. The van der Waals surface area contributed by atoms with E-state index in [-0.39, 0.29) is 0 Å². The van der Waals surface area contributed by atoms with Gasteiger partial charge in [0.25, 0.3) is 0 Å². The minimum Gasteiger partial charge on any atom is -0.446 e. The van der Waals surface area contributed by atoms with E-state index in [0.29, 0.717) is 0 Å². The maximum atomic E-state index is 7.78. The van der Waals surface area contributed by atoms with E-state index >= 15 is 0 Å². The van der Waals surface area contributed by atoms with Crippen LogP contribution in [0.5, 0.6) is 0 Å². The Kier molecular flexibility index (Phi) is 8.56. The molecule has 0 N–H and O–H groups in total. The quantitative estimate of drug-likeness (QED) is 0.277. The minimum absolute atomic E-state index is 1.35. The Bertz CT molecular complexity index is 1330. The molecular weight excluding hydrogens is 505 g/mol. The van der Waals surface area contributed by atoms with Crippen molar-refractivity contribution in [2.45, 2.75) is 83.1 Å². The number of aryl methyl sites for hydroxylation is 4. The zero-order chi connectivity index (χ0) is 28.8. The Labute approximate surface area is 240 Å². The van der Waals surface area contributed by atoms with Crippen LogP contribution in [-0.2, 0) is 4.12 Å². The molecule has 0 aliphatic carbocycles. The van der Waals surface area contributed by atoms with Crippen LogP contribution in [-0.4, -0.2) is 18.1 Å². The van der Waals surface area contributed by atoms with E-state index in [1.165, 1.54) is 87.5 Å². The van der Waals surface area contributed by atoms with E-state index in [4.69, 9.17) is 4.12 Å². The molecule has 0 amide bonds. The van der Waals surface area contributed by atoms with Gasteiger partial charge in [-0.3, -0.25) is 0 Å². The molecule has 3 heteroatoms. The minimum atomic E-state index is -2.06. The van der Waals surface area contributed by atoms with Crippen molar-refractivity contribution in [1.29, 1.82) is 0 Å². The fourth-order valence-electron chi connectivity index (χ4n) is 5.81. The number of benzene rings is 4. The Morgan fingerprint density at radius 3 is 0.718 bits per heavy atom. The molecule has 0 unspecified atom stereocenters. The Balaban J connectivity index is 2.03. The van der Waals surface area contributed by atoms with E-state index in [2.05, 4.69) is 132 Å². The first-order chi connectivity index (χ1) is 18.3. The summed E-state index contributed by atoms with van der Waals surface area (Å²) >= 11 is 0. The summed E-state index contributed by atoms with van der Waals surface area (Å²) in [4.78, 5) is 0. The smallest absolute Gasteiger partial charge is 0.229 e. The molecule has 0 spiro atoms. The van der Waals surface area contributed by atoms with Crippen LogP contribution in [0.4, 0.5) is 0 Å². The Hall–Kier alpha value is -2.73. The van der Waals surface area contributed by atoms with Crippen molar-refractivity contribution in [3.63, 3.8) is 0 Å². The molecule has 204 valence electrons. The van der Waals surface area contributed by atoms with Crippen molar-refractivity contribution in [3.8, 4) is 0 Å². The molecule has 1 nitrogen and oxygen atoms in total. The normalized spacial score (nSPS) is 11.6. The molecule has 0 heterocycles. The maximum absolute atomic E-state index is 7.78. The van der Waals surface area contributed by atoms with Gasteiger partial charge in [-0.05, 0) is 171 Å². The van der Waals surface area contributed by atoms with Gasteiger partial charge < -0.3 is 4.12 Å². The third-order valence-electron chi connectivity index (χ3n) is 9.80. The molecule has 0 radical (unpaired) electrons. The van der Waals surface area contributed by atoms with Gasteiger partial charge in [-0.1, -0.05) is 48.5 Å². The summed E-state index contributed by atoms with van der Waals surface area (Å²) in [6.45, 7) is 27.2. The van der Waals surface area contributed by atoms with Crippen LogP contribution < -0.4 is 20.7 Å². The molecule has 0 aliphatic rings. The predicted octanol–water partition coefficient (Wildman–Crippen LogP) is 5.78. The third kappa shape index (κ3) is 5.37. The average molecular weight is 551 g/mol. The zero-order valence-corrected chi connectivity index (χ0v) is 28.5. The van der Waals surface area contributed by atoms with E-state index < -0.39 is 18.1 Å². The molecular formula is C36H46OSi2. The van der Waals surface area contributed by atoms with Gasteiger partial charge in [0.15, 0.2) is 0 Å². The maximum Gasteiger partial charge on any atom is 0.229 e. The Morgan fingerprint density at radius 2 is 0.513 bits per heavy atom. The largest absolute Gasteiger partial charge is 0.446 e. The van der Waals surface area contributed by atoms with Gasteiger partial charge in [0.2, 0.25) is 18.1 Å². The number of rotatable bonds is 6. The number of hydrogen-bond acceptors (Lipinski definition) is 1. The summed E-state index contributed by atoms with van der Waals surface area (Å²) in [5.74, 6) is 0. The number of hydrogen-bond donors (Lipinski definition) is 0. The van der Waals surface area contributed by atoms with Crippen molar-refractivity contribution in [1.82, 2.24) is 0 Å². The lowest BCUT2D eigenvalue weighted by Gasteiger charge is -2.31. The van der Waals surface area contributed by atoms with Gasteiger partial charge in [-0.15, -0.1) is 0 Å². The van der Waals surface area contributed by atoms with E-state index in [1.807, 2.05) is 0 Å². The van der Waals surface area contributed by atoms with E-state index in [9.17, 15) is 0 Å². The summed E-state index contributed by atoms with van der Waals surface area (Å²) < 4.78 is 7.78. The highest BCUT2D eigenvalue weighted by molar-refractivity contribution is 6.92. The van der Waals surface area contributed by atoms with Gasteiger partial charge in [0.1, 0.15) is 0 Å². The second kappa shape index (κ2) is 11.4. The zero-order valence-electron chi connectivity index (χ0n) is 26.2. The van der Waals surface area contributed by atoms with Crippen molar-refractivity contribution in [3.05, 3.63) is 115 Å².